The number of amides is 1. The first kappa shape index (κ1) is 23.7. The van der Waals surface area contributed by atoms with Crippen molar-refractivity contribution in [1.29, 1.82) is 0 Å². The molecule has 0 aliphatic heterocycles. The number of carbonyl (C=O) groups is 1. The predicted octanol–water partition coefficient (Wildman–Crippen LogP) is 3.27. The molecule has 0 aliphatic rings. The van der Waals surface area contributed by atoms with Gasteiger partial charge in [-0.3, -0.25) is 9.52 Å². The van der Waals surface area contributed by atoms with Crippen LogP contribution in [0.15, 0.2) is 53.4 Å². The first-order chi connectivity index (χ1) is 14.2. The SMILES string of the molecule is CCOc1ccc(S(=O)(=O)Nc2ccc(C(=O)NC[C@@H](CO)CC(C)C)cc2)cc1. The number of carbonyl (C=O) groups excluding carboxylic acids is 1. The lowest BCUT2D eigenvalue weighted by Crippen LogP contribution is -2.31. The average Bonchev–Trinajstić information content (AvgIpc) is 2.71. The fourth-order valence-electron chi connectivity index (χ4n) is 3.01. The van der Waals surface area contributed by atoms with E-state index in [4.69, 9.17) is 4.74 Å². The van der Waals surface area contributed by atoms with Crippen molar-refractivity contribution in [3.63, 3.8) is 0 Å². The van der Waals surface area contributed by atoms with Gasteiger partial charge >= 0.3 is 0 Å². The molecule has 1 atom stereocenters. The maximum absolute atomic E-state index is 12.5. The highest BCUT2D eigenvalue weighted by Gasteiger charge is 2.16. The summed E-state index contributed by atoms with van der Waals surface area (Å²) in [6.07, 6.45) is 0.822. The maximum Gasteiger partial charge on any atom is 0.261 e. The Labute approximate surface area is 178 Å². The zero-order valence-corrected chi connectivity index (χ0v) is 18.4. The third-order valence-electron chi connectivity index (χ3n) is 4.46. The molecule has 0 aliphatic carbocycles. The second-order valence-electron chi connectivity index (χ2n) is 7.48. The Balaban J connectivity index is 1.98. The molecule has 0 bridgehead atoms. The van der Waals surface area contributed by atoms with E-state index in [0.717, 1.165) is 6.42 Å². The van der Waals surface area contributed by atoms with Crippen LogP contribution in [-0.2, 0) is 10.0 Å². The second-order valence-corrected chi connectivity index (χ2v) is 9.16. The normalized spacial score (nSPS) is 12.4. The van der Waals surface area contributed by atoms with Crippen LogP contribution in [0.25, 0.3) is 0 Å². The summed E-state index contributed by atoms with van der Waals surface area (Å²) in [6.45, 7) is 6.90. The maximum atomic E-state index is 12.5. The van der Waals surface area contributed by atoms with Gasteiger partial charge in [0.15, 0.2) is 0 Å². The van der Waals surface area contributed by atoms with E-state index in [2.05, 4.69) is 23.9 Å². The van der Waals surface area contributed by atoms with Gasteiger partial charge in [0.1, 0.15) is 5.75 Å². The summed E-state index contributed by atoms with van der Waals surface area (Å²) < 4.78 is 32.9. The van der Waals surface area contributed by atoms with E-state index in [1.165, 1.54) is 12.1 Å². The van der Waals surface area contributed by atoms with Crippen LogP contribution in [0.5, 0.6) is 5.75 Å². The Morgan fingerprint density at radius 1 is 1.07 bits per heavy atom. The number of hydrogen-bond acceptors (Lipinski definition) is 5. The highest BCUT2D eigenvalue weighted by molar-refractivity contribution is 7.92. The quantitative estimate of drug-likeness (QED) is 0.503. The smallest absolute Gasteiger partial charge is 0.261 e. The fourth-order valence-corrected chi connectivity index (χ4v) is 4.07. The van der Waals surface area contributed by atoms with Gasteiger partial charge in [-0.25, -0.2) is 8.42 Å². The highest BCUT2D eigenvalue weighted by atomic mass is 32.2. The lowest BCUT2D eigenvalue weighted by molar-refractivity contribution is 0.0936. The zero-order valence-electron chi connectivity index (χ0n) is 17.6. The third-order valence-corrected chi connectivity index (χ3v) is 5.86. The molecule has 3 N–H and O–H groups in total. The molecule has 0 radical (unpaired) electrons. The molecule has 2 aromatic rings. The van der Waals surface area contributed by atoms with Crippen molar-refractivity contribution in [2.24, 2.45) is 11.8 Å². The van der Waals surface area contributed by atoms with E-state index in [-0.39, 0.29) is 23.3 Å². The van der Waals surface area contributed by atoms with Gasteiger partial charge in [0.05, 0.1) is 11.5 Å². The predicted molar refractivity (Wildman–Crippen MR) is 117 cm³/mol. The van der Waals surface area contributed by atoms with Crippen LogP contribution in [0.4, 0.5) is 5.69 Å². The number of aliphatic hydroxyl groups excluding tert-OH is 1. The molecule has 0 saturated carbocycles. The average molecular weight is 435 g/mol. The van der Waals surface area contributed by atoms with Crippen LogP contribution in [-0.4, -0.2) is 39.2 Å². The molecule has 0 heterocycles. The number of nitrogens with one attached hydrogen (secondary N) is 2. The van der Waals surface area contributed by atoms with E-state index < -0.39 is 10.0 Å². The van der Waals surface area contributed by atoms with Gasteiger partial charge in [-0.05, 0) is 73.7 Å². The number of rotatable bonds is 11. The summed E-state index contributed by atoms with van der Waals surface area (Å²) in [5, 5.41) is 12.2. The van der Waals surface area contributed by atoms with E-state index >= 15 is 0 Å². The van der Waals surface area contributed by atoms with E-state index in [9.17, 15) is 18.3 Å². The summed E-state index contributed by atoms with van der Waals surface area (Å²) >= 11 is 0. The van der Waals surface area contributed by atoms with E-state index in [1.807, 2.05) is 6.92 Å². The van der Waals surface area contributed by atoms with Crippen LogP contribution < -0.4 is 14.8 Å². The molecular weight excluding hydrogens is 404 g/mol. The largest absolute Gasteiger partial charge is 0.494 e. The molecule has 0 fully saturated rings. The zero-order chi connectivity index (χ0) is 22.1. The number of benzene rings is 2. The highest BCUT2D eigenvalue weighted by Crippen LogP contribution is 2.20. The summed E-state index contributed by atoms with van der Waals surface area (Å²) in [5.41, 5.74) is 0.772. The molecule has 2 aromatic carbocycles. The minimum absolute atomic E-state index is 0.00847. The van der Waals surface area contributed by atoms with Crippen molar-refractivity contribution in [3.8, 4) is 5.75 Å². The molecule has 30 heavy (non-hydrogen) atoms. The number of sulfonamides is 1. The third kappa shape index (κ3) is 7.03. The lowest BCUT2D eigenvalue weighted by atomic mass is 9.98. The number of aliphatic hydroxyl groups is 1. The van der Waals surface area contributed by atoms with E-state index in [1.54, 1.807) is 36.4 Å². The van der Waals surface area contributed by atoms with Crippen LogP contribution in [0.2, 0.25) is 0 Å². The van der Waals surface area contributed by atoms with Gasteiger partial charge in [0.2, 0.25) is 0 Å². The van der Waals surface area contributed by atoms with Crippen LogP contribution in [0.1, 0.15) is 37.6 Å². The first-order valence-electron chi connectivity index (χ1n) is 10.00. The number of anilines is 1. The summed E-state index contributed by atoms with van der Waals surface area (Å²) in [4.78, 5) is 12.4. The van der Waals surface area contributed by atoms with Crippen molar-refractivity contribution < 1.29 is 23.1 Å². The van der Waals surface area contributed by atoms with E-state index in [0.29, 0.717) is 36.1 Å². The standard InChI is InChI=1S/C22H30N2O5S/c1-4-29-20-9-11-21(12-10-20)30(27,28)24-19-7-5-18(6-8-19)22(26)23-14-17(15-25)13-16(2)3/h5-12,16-17,24-25H,4,13-15H2,1-3H3,(H,23,26)/t17-/m0/s1. The van der Waals surface area contributed by atoms with Crippen molar-refractivity contribution in [3.05, 3.63) is 54.1 Å². The van der Waals surface area contributed by atoms with Crippen LogP contribution in [0.3, 0.4) is 0 Å². The summed E-state index contributed by atoms with van der Waals surface area (Å²) in [5.74, 6) is 0.776. The monoisotopic (exact) mass is 434 g/mol. The molecule has 0 unspecified atom stereocenters. The molecule has 0 saturated heterocycles. The Morgan fingerprint density at radius 2 is 1.70 bits per heavy atom. The van der Waals surface area contributed by atoms with Gasteiger partial charge in [-0.2, -0.15) is 0 Å². The lowest BCUT2D eigenvalue weighted by Gasteiger charge is -2.17. The Bertz CT molecular complexity index is 910. The molecule has 1 amide bonds. The summed E-state index contributed by atoms with van der Waals surface area (Å²) in [6, 6.07) is 12.4. The molecule has 2 rings (SSSR count). The van der Waals surface area contributed by atoms with Crippen LogP contribution >= 0.6 is 0 Å². The van der Waals surface area contributed by atoms with Crippen molar-refractivity contribution >= 4 is 21.6 Å². The fraction of sp³-hybridized carbons (Fsp3) is 0.409. The molecular formula is C22H30N2O5S. The van der Waals surface area contributed by atoms with Crippen molar-refractivity contribution in [1.82, 2.24) is 5.32 Å². The summed E-state index contributed by atoms with van der Waals surface area (Å²) in [7, 11) is -3.75. The van der Waals surface area contributed by atoms with Crippen molar-refractivity contribution in [2.45, 2.75) is 32.1 Å². The van der Waals surface area contributed by atoms with Gasteiger partial charge in [-0.15, -0.1) is 0 Å². The van der Waals surface area contributed by atoms with Crippen molar-refractivity contribution in [2.75, 3.05) is 24.5 Å². The van der Waals surface area contributed by atoms with Gasteiger partial charge in [-0.1, -0.05) is 13.8 Å². The van der Waals surface area contributed by atoms with Gasteiger partial charge < -0.3 is 15.2 Å². The molecule has 164 valence electrons. The number of hydrogen-bond donors (Lipinski definition) is 3. The molecule has 8 heteroatoms. The van der Waals surface area contributed by atoms with Gasteiger partial charge in [0, 0.05) is 24.4 Å². The Morgan fingerprint density at radius 3 is 2.23 bits per heavy atom. The topological polar surface area (TPSA) is 105 Å². The minimum Gasteiger partial charge on any atom is -0.494 e. The molecule has 0 aromatic heterocycles. The molecule has 0 spiro atoms. The number of ether oxygens (including phenoxy) is 1. The van der Waals surface area contributed by atoms with Crippen LogP contribution in [0, 0.1) is 11.8 Å². The Hall–Kier alpha value is -2.58. The Kier molecular flexibility index (Phi) is 8.68. The minimum atomic E-state index is -3.75. The van der Waals surface area contributed by atoms with Gasteiger partial charge in [0.25, 0.3) is 15.9 Å². The second kappa shape index (κ2) is 11.0. The molecule has 7 nitrogen and oxygen atoms in total. The first-order valence-corrected chi connectivity index (χ1v) is 11.5.